The number of alkyl halides is 3. The van der Waals surface area contributed by atoms with Gasteiger partial charge in [0.15, 0.2) is 5.11 Å². The van der Waals surface area contributed by atoms with E-state index in [0.717, 1.165) is 48.1 Å². The molecule has 174 valence electrons. The van der Waals surface area contributed by atoms with Crippen molar-refractivity contribution in [2.24, 2.45) is 0 Å². The van der Waals surface area contributed by atoms with E-state index in [9.17, 15) is 13.2 Å². The van der Waals surface area contributed by atoms with Crippen LogP contribution in [0.3, 0.4) is 0 Å². The Labute approximate surface area is 195 Å². The lowest BCUT2D eigenvalue weighted by atomic mass is 9.83. The number of benzene rings is 2. The smallest absolute Gasteiger partial charge is 0.332 e. The molecule has 2 saturated heterocycles. The number of fused-ring (bicyclic) bond motifs is 2. The summed E-state index contributed by atoms with van der Waals surface area (Å²) in [6.45, 7) is 2.35. The van der Waals surface area contributed by atoms with E-state index in [0.29, 0.717) is 22.8 Å². The largest absolute Gasteiger partial charge is 0.416 e. The molecule has 0 spiro atoms. The molecule has 2 aliphatic rings. The van der Waals surface area contributed by atoms with Crippen LogP contribution in [0.1, 0.15) is 49.3 Å². The zero-order valence-corrected chi connectivity index (χ0v) is 18.9. The van der Waals surface area contributed by atoms with Crippen LogP contribution in [-0.2, 0) is 6.18 Å². The van der Waals surface area contributed by atoms with Gasteiger partial charge in [-0.2, -0.15) is 18.3 Å². The van der Waals surface area contributed by atoms with Gasteiger partial charge < -0.3 is 15.5 Å². The Bertz CT molecular complexity index is 1140. The first kappa shape index (κ1) is 22.2. The van der Waals surface area contributed by atoms with Crippen LogP contribution in [-0.4, -0.2) is 39.3 Å². The van der Waals surface area contributed by atoms with Crippen molar-refractivity contribution in [1.82, 2.24) is 15.1 Å². The highest BCUT2D eigenvalue weighted by molar-refractivity contribution is 7.80. The fourth-order valence-corrected chi connectivity index (χ4v) is 5.34. The molecule has 0 amide bonds. The van der Waals surface area contributed by atoms with E-state index >= 15 is 0 Å². The third-order valence-corrected chi connectivity index (χ3v) is 6.99. The molecular weight excluding hydrogens is 447 g/mol. The zero-order chi connectivity index (χ0) is 23.0. The highest BCUT2D eigenvalue weighted by atomic mass is 32.1. The van der Waals surface area contributed by atoms with Crippen molar-refractivity contribution in [2.75, 3.05) is 23.7 Å². The van der Waals surface area contributed by atoms with E-state index in [1.165, 1.54) is 43.6 Å². The van der Waals surface area contributed by atoms with E-state index in [2.05, 4.69) is 25.7 Å². The maximum absolute atomic E-state index is 12.8. The minimum atomic E-state index is -4.36. The summed E-state index contributed by atoms with van der Waals surface area (Å²) in [4.78, 5) is 2.64. The molecule has 2 aliphatic heterocycles. The van der Waals surface area contributed by atoms with Crippen LogP contribution in [0.25, 0.3) is 10.9 Å². The summed E-state index contributed by atoms with van der Waals surface area (Å²) in [5.74, 6) is 0.460. The van der Waals surface area contributed by atoms with Gasteiger partial charge in [-0.15, -0.1) is 0 Å². The quantitative estimate of drug-likeness (QED) is 0.400. The van der Waals surface area contributed by atoms with Crippen molar-refractivity contribution < 1.29 is 13.2 Å². The summed E-state index contributed by atoms with van der Waals surface area (Å²) >= 11 is 5.37. The van der Waals surface area contributed by atoms with Crippen LogP contribution in [0.4, 0.5) is 24.5 Å². The summed E-state index contributed by atoms with van der Waals surface area (Å²) < 4.78 is 38.3. The Morgan fingerprint density at radius 3 is 2.55 bits per heavy atom. The SMILES string of the molecule is FC(F)(F)c1ccc(NC(=S)Nc2ccc3n[nH]c(C4CCN5CCCCC5C4)c3c2)cc1. The van der Waals surface area contributed by atoms with Crippen molar-refractivity contribution >= 4 is 39.6 Å². The van der Waals surface area contributed by atoms with Gasteiger partial charge >= 0.3 is 6.18 Å². The predicted molar refractivity (Wildman–Crippen MR) is 129 cm³/mol. The zero-order valence-electron chi connectivity index (χ0n) is 18.1. The number of aromatic nitrogens is 2. The van der Waals surface area contributed by atoms with Gasteiger partial charge in [-0.05, 0) is 93.5 Å². The molecule has 3 N–H and O–H groups in total. The van der Waals surface area contributed by atoms with Crippen molar-refractivity contribution in [2.45, 2.75) is 50.2 Å². The Morgan fingerprint density at radius 2 is 1.76 bits per heavy atom. The highest BCUT2D eigenvalue weighted by Gasteiger charge is 2.32. The number of halogens is 3. The summed E-state index contributed by atoms with van der Waals surface area (Å²) in [5.41, 5.74) is 2.71. The Hall–Kier alpha value is -2.65. The van der Waals surface area contributed by atoms with Gasteiger partial charge in [0.1, 0.15) is 0 Å². The molecule has 33 heavy (non-hydrogen) atoms. The summed E-state index contributed by atoms with van der Waals surface area (Å²) in [5, 5.41) is 15.3. The average molecular weight is 474 g/mol. The minimum Gasteiger partial charge on any atom is -0.332 e. The first-order chi connectivity index (χ1) is 15.9. The first-order valence-corrected chi connectivity index (χ1v) is 11.7. The lowest BCUT2D eigenvalue weighted by Gasteiger charge is -2.42. The summed E-state index contributed by atoms with van der Waals surface area (Å²) in [6.07, 6.45) is 1.82. The van der Waals surface area contributed by atoms with Crippen LogP contribution >= 0.6 is 12.2 Å². The van der Waals surface area contributed by atoms with E-state index in [1.807, 2.05) is 18.2 Å². The maximum Gasteiger partial charge on any atom is 0.416 e. The van der Waals surface area contributed by atoms with Gasteiger partial charge in [0, 0.05) is 34.4 Å². The molecule has 9 heteroatoms. The van der Waals surface area contributed by atoms with Gasteiger partial charge in [0.2, 0.25) is 0 Å². The highest BCUT2D eigenvalue weighted by Crippen LogP contribution is 2.38. The van der Waals surface area contributed by atoms with Crippen LogP contribution in [0.15, 0.2) is 42.5 Å². The topological polar surface area (TPSA) is 56.0 Å². The monoisotopic (exact) mass is 473 g/mol. The number of nitrogens with one attached hydrogen (secondary N) is 3. The van der Waals surface area contributed by atoms with Crippen LogP contribution < -0.4 is 10.6 Å². The molecule has 5 nitrogen and oxygen atoms in total. The van der Waals surface area contributed by atoms with Crippen LogP contribution in [0, 0.1) is 0 Å². The Morgan fingerprint density at radius 1 is 1.00 bits per heavy atom. The number of thiocarbonyl (C=S) groups is 1. The van der Waals surface area contributed by atoms with Crippen LogP contribution in [0.5, 0.6) is 0 Å². The summed E-state index contributed by atoms with van der Waals surface area (Å²) in [7, 11) is 0. The lowest BCUT2D eigenvalue weighted by molar-refractivity contribution is -0.137. The van der Waals surface area contributed by atoms with Crippen molar-refractivity contribution in [3.8, 4) is 0 Å². The van der Waals surface area contributed by atoms with E-state index in [-0.39, 0.29) is 0 Å². The van der Waals surface area contributed by atoms with Gasteiger partial charge in [0.05, 0.1) is 11.1 Å². The molecule has 2 aromatic carbocycles. The standard InChI is InChI=1S/C24H26F3N5S/c25-24(26,27)16-4-6-17(7-5-16)28-23(33)29-18-8-9-21-20(14-18)22(31-30-21)15-10-12-32-11-2-1-3-19(32)13-15/h4-9,14-15,19H,1-3,10-13H2,(H,30,31)(H2,28,29,33). The predicted octanol–water partition coefficient (Wildman–Crippen LogP) is 6.12. The van der Waals surface area contributed by atoms with Crippen LogP contribution in [0.2, 0.25) is 0 Å². The minimum absolute atomic E-state index is 0.315. The number of hydrogen-bond donors (Lipinski definition) is 3. The number of piperidine rings is 2. The van der Waals surface area contributed by atoms with Gasteiger partial charge in [0.25, 0.3) is 0 Å². The van der Waals surface area contributed by atoms with E-state index < -0.39 is 11.7 Å². The molecule has 5 rings (SSSR count). The second-order valence-electron chi connectivity index (χ2n) is 8.93. The molecule has 0 aliphatic carbocycles. The molecule has 2 fully saturated rings. The molecular formula is C24H26F3N5S. The number of anilines is 2. The number of hydrogen-bond acceptors (Lipinski definition) is 3. The summed E-state index contributed by atoms with van der Waals surface area (Å²) in [6, 6.07) is 11.4. The van der Waals surface area contributed by atoms with E-state index in [4.69, 9.17) is 12.2 Å². The lowest BCUT2D eigenvalue weighted by Crippen LogP contribution is -2.44. The van der Waals surface area contributed by atoms with E-state index in [1.54, 1.807) is 0 Å². The average Bonchev–Trinajstić information content (AvgIpc) is 3.22. The van der Waals surface area contributed by atoms with Gasteiger partial charge in [-0.1, -0.05) is 6.42 Å². The second kappa shape index (κ2) is 8.95. The maximum atomic E-state index is 12.8. The fraction of sp³-hybridized carbons (Fsp3) is 0.417. The number of H-pyrrole nitrogens is 1. The fourth-order valence-electron chi connectivity index (χ4n) is 5.11. The number of rotatable bonds is 3. The van der Waals surface area contributed by atoms with Gasteiger partial charge in [-0.3, -0.25) is 5.10 Å². The second-order valence-corrected chi connectivity index (χ2v) is 9.34. The van der Waals surface area contributed by atoms with Crippen molar-refractivity contribution in [3.63, 3.8) is 0 Å². The number of nitrogens with zero attached hydrogens (tertiary/aromatic N) is 2. The van der Waals surface area contributed by atoms with Crippen molar-refractivity contribution in [3.05, 3.63) is 53.7 Å². The molecule has 3 aromatic rings. The Kier molecular flexibility index (Phi) is 6.01. The first-order valence-electron chi connectivity index (χ1n) is 11.3. The Balaban J connectivity index is 1.28. The molecule has 0 saturated carbocycles. The molecule has 3 heterocycles. The van der Waals surface area contributed by atoms with Crippen molar-refractivity contribution in [1.29, 1.82) is 0 Å². The normalized spacial score (nSPS) is 21.5. The molecule has 2 atom stereocenters. The molecule has 0 radical (unpaired) electrons. The third-order valence-electron chi connectivity index (χ3n) is 6.79. The number of aromatic amines is 1. The molecule has 0 bridgehead atoms. The van der Waals surface area contributed by atoms with Gasteiger partial charge in [-0.25, -0.2) is 0 Å². The molecule has 1 aromatic heterocycles. The third kappa shape index (κ3) is 4.84. The molecule has 2 unspecified atom stereocenters.